The lowest BCUT2D eigenvalue weighted by atomic mass is 10.1. The molecule has 0 radical (unpaired) electrons. The highest BCUT2D eigenvalue weighted by Gasteiger charge is 2.65. The number of benzene rings is 1. The average molecular weight is 319 g/mol. The van der Waals surface area contributed by atoms with Gasteiger partial charge in [-0.15, -0.1) is 0 Å². The Kier molecular flexibility index (Phi) is 4.88. The molecule has 3 amide bonds. The van der Waals surface area contributed by atoms with Gasteiger partial charge in [-0.25, -0.2) is 4.79 Å². The number of hydrogen-bond acceptors (Lipinski definition) is 3. The van der Waals surface area contributed by atoms with Gasteiger partial charge in [-0.3, -0.25) is 9.59 Å². The Bertz CT molecular complexity index is 601. The Morgan fingerprint density at radius 2 is 1.65 bits per heavy atom. The van der Waals surface area contributed by atoms with Crippen LogP contribution in [0.15, 0.2) is 30.3 Å². The highest BCUT2D eigenvalue weighted by molar-refractivity contribution is 5.92. The van der Waals surface area contributed by atoms with Crippen molar-refractivity contribution in [2.45, 2.75) is 13.8 Å². The van der Waals surface area contributed by atoms with Crippen molar-refractivity contribution in [3.05, 3.63) is 30.3 Å². The number of aliphatic carboxylic acids is 1. The third-order valence-electron chi connectivity index (χ3n) is 4.12. The van der Waals surface area contributed by atoms with E-state index in [1.807, 2.05) is 18.2 Å². The second kappa shape index (κ2) is 6.68. The highest BCUT2D eigenvalue weighted by Crippen LogP contribution is 2.58. The molecule has 23 heavy (non-hydrogen) atoms. The number of para-hydroxylation sites is 1. The van der Waals surface area contributed by atoms with Gasteiger partial charge < -0.3 is 21.1 Å². The van der Waals surface area contributed by atoms with Gasteiger partial charge in [-0.1, -0.05) is 32.0 Å². The first-order valence-electron chi connectivity index (χ1n) is 7.44. The number of rotatable bonds is 6. The van der Waals surface area contributed by atoms with Crippen molar-refractivity contribution in [3.8, 4) is 0 Å². The maximum absolute atomic E-state index is 12.0. The van der Waals surface area contributed by atoms with E-state index < -0.39 is 23.2 Å². The molecule has 0 heterocycles. The molecule has 1 fully saturated rings. The quantitative estimate of drug-likeness (QED) is 0.592. The summed E-state index contributed by atoms with van der Waals surface area (Å²) < 4.78 is 0. The first-order valence-corrected chi connectivity index (χ1v) is 7.44. The fourth-order valence-corrected chi connectivity index (χ4v) is 2.76. The van der Waals surface area contributed by atoms with Crippen LogP contribution in [0, 0.1) is 17.3 Å². The van der Waals surface area contributed by atoms with Gasteiger partial charge in [-0.2, -0.15) is 0 Å². The van der Waals surface area contributed by atoms with E-state index in [1.165, 1.54) is 0 Å². The molecular formula is C16H21N3O4. The van der Waals surface area contributed by atoms with Crippen molar-refractivity contribution in [3.63, 3.8) is 0 Å². The molecule has 1 aromatic carbocycles. The number of carboxylic acids is 1. The van der Waals surface area contributed by atoms with Gasteiger partial charge >= 0.3 is 12.0 Å². The largest absolute Gasteiger partial charge is 0.481 e. The van der Waals surface area contributed by atoms with E-state index in [1.54, 1.807) is 26.0 Å². The molecule has 1 saturated carbocycles. The Labute approximate surface area is 134 Å². The van der Waals surface area contributed by atoms with Crippen LogP contribution >= 0.6 is 0 Å². The molecule has 0 spiro atoms. The van der Waals surface area contributed by atoms with Gasteiger partial charge in [0.15, 0.2) is 0 Å². The van der Waals surface area contributed by atoms with Crippen LogP contribution in [0.3, 0.4) is 0 Å². The molecule has 1 aliphatic rings. The first kappa shape index (κ1) is 16.8. The predicted octanol–water partition coefficient (Wildman–Crippen LogP) is 1.28. The number of anilines is 1. The van der Waals surface area contributed by atoms with Gasteiger partial charge in [0.1, 0.15) is 0 Å². The minimum absolute atomic E-state index is 0.250. The minimum Gasteiger partial charge on any atom is -0.481 e. The second-order valence-electron chi connectivity index (χ2n) is 6.15. The Balaban J connectivity index is 1.67. The normalized spacial score (nSPS) is 21.1. The van der Waals surface area contributed by atoms with E-state index in [-0.39, 0.29) is 25.0 Å². The van der Waals surface area contributed by atoms with Crippen LogP contribution in [0.4, 0.5) is 10.5 Å². The number of nitrogens with one attached hydrogen (secondary N) is 3. The zero-order chi connectivity index (χ0) is 17.0. The van der Waals surface area contributed by atoms with E-state index in [0.29, 0.717) is 5.69 Å². The predicted molar refractivity (Wildman–Crippen MR) is 84.9 cm³/mol. The third kappa shape index (κ3) is 4.00. The van der Waals surface area contributed by atoms with Gasteiger partial charge in [-0.05, 0) is 17.5 Å². The van der Waals surface area contributed by atoms with E-state index >= 15 is 0 Å². The molecule has 2 atom stereocenters. The second-order valence-corrected chi connectivity index (χ2v) is 6.15. The summed E-state index contributed by atoms with van der Waals surface area (Å²) in [7, 11) is 0. The van der Waals surface area contributed by atoms with Crippen LogP contribution < -0.4 is 16.0 Å². The van der Waals surface area contributed by atoms with E-state index in [2.05, 4.69) is 16.0 Å². The van der Waals surface area contributed by atoms with Crippen LogP contribution in [0.1, 0.15) is 13.8 Å². The molecule has 0 saturated heterocycles. The molecule has 1 aliphatic carbocycles. The van der Waals surface area contributed by atoms with E-state index in [9.17, 15) is 14.4 Å². The topological polar surface area (TPSA) is 108 Å². The number of carbonyl (C=O) groups is 3. The minimum atomic E-state index is -0.949. The van der Waals surface area contributed by atoms with Crippen LogP contribution in [-0.2, 0) is 9.59 Å². The fourth-order valence-electron chi connectivity index (χ4n) is 2.76. The van der Waals surface area contributed by atoms with Crippen LogP contribution in [0.25, 0.3) is 0 Å². The first-order chi connectivity index (χ1) is 10.8. The summed E-state index contributed by atoms with van der Waals surface area (Å²) in [5.41, 5.74) is 0.159. The smallest absolute Gasteiger partial charge is 0.319 e. The lowest BCUT2D eigenvalue weighted by molar-refractivity contribution is -0.140. The SMILES string of the molecule is CC1(C)[C@@H](C(=O)O)[C@@H]1C(=O)NCCNC(=O)Nc1ccccc1. The summed E-state index contributed by atoms with van der Waals surface area (Å²) >= 11 is 0. The van der Waals surface area contributed by atoms with Gasteiger partial charge in [0.05, 0.1) is 11.8 Å². The molecule has 0 unspecified atom stereocenters. The number of carboxylic acid groups (broad SMARTS) is 1. The molecular weight excluding hydrogens is 298 g/mol. The van der Waals surface area contributed by atoms with Crippen molar-refractivity contribution in [1.29, 1.82) is 0 Å². The Morgan fingerprint density at radius 1 is 1.04 bits per heavy atom. The maximum atomic E-state index is 12.0. The standard InChI is InChI=1S/C16H21N3O4/c1-16(2)11(12(16)14(21)22)13(20)17-8-9-18-15(23)19-10-6-4-3-5-7-10/h3-7,11-12H,8-9H2,1-2H3,(H,17,20)(H,21,22)(H2,18,19,23)/t11-,12-/m1/s1. The zero-order valence-electron chi connectivity index (χ0n) is 13.1. The summed E-state index contributed by atoms with van der Waals surface area (Å²) in [5, 5.41) is 17.0. The zero-order valence-corrected chi connectivity index (χ0v) is 13.1. The van der Waals surface area contributed by atoms with E-state index in [0.717, 1.165) is 0 Å². The maximum Gasteiger partial charge on any atom is 0.319 e. The third-order valence-corrected chi connectivity index (χ3v) is 4.12. The molecule has 7 nitrogen and oxygen atoms in total. The Hall–Kier alpha value is -2.57. The molecule has 1 aromatic rings. The average Bonchev–Trinajstić information content (AvgIpc) is 3.07. The monoisotopic (exact) mass is 319 g/mol. The van der Waals surface area contributed by atoms with Crippen LogP contribution in [0.5, 0.6) is 0 Å². The van der Waals surface area contributed by atoms with Crippen molar-refractivity contribution in [2.24, 2.45) is 17.3 Å². The van der Waals surface area contributed by atoms with Crippen molar-refractivity contribution < 1.29 is 19.5 Å². The number of hydrogen-bond donors (Lipinski definition) is 4. The fraction of sp³-hybridized carbons (Fsp3) is 0.438. The molecule has 7 heteroatoms. The summed E-state index contributed by atoms with van der Waals surface area (Å²) in [6.07, 6.45) is 0. The highest BCUT2D eigenvalue weighted by atomic mass is 16.4. The van der Waals surface area contributed by atoms with Crippen molar-refractivity contribution in [1.82, 2.24) is 10.6 Å². The molecule has 0 bridgehead atoms. The van der Waals surface area contributed by atoms with Gasteiger partial charge in [0.2, 0.25) is 5.91 Å². The number of urea groups is 1. The summed E-state index contributed by atoms with van der Waals surface area (Å²) in [4.78, 5) is 34.6. The van der Waals surface area contributed by atoms with Crippen LogP contribution in [0.2, 0.25) is 0 Å². The number of amides is 3. The molecule has 0 aromatic heterocycles. The molecule has 2 rings (SSSR count). The molecule has 0 aliphatic heterocycles. The Morgan fingerprint density at radius 3 is 2.22 bits per heavy atom. The summed E-state index contributed by atoms with van der Waals surface area (Å²) in [6, 6.07) is 8.65. The van der Waals surface area contributed by atoms with Crippen LogP contribution in [-0.4, -0.2) is 36.1 Å². The molecule has 4 N–H and O–H groups in total. The van der Waals surface area contributed by atoms with Gasteiger partial charge in [0, 0.05) is 18.8 Å². The lowest BCUT2D eigenvalue weighted by Gasteiger charge is -2.09. The van der Waals surface area contributed by atoms with E-state index in [4.69, 9.17) is 5.11 Å². The van der Waals surface area contributed by atoms with Crippen molar-refractivity contribution in [2.75, 3.05) is 18.4 Å². The summed E-state index contributed by atoms with van der Waals surface area (Å²) in [6.45, 7) is 4.04. The lowest BCUT2D eigenvalue weighted by Crippen LogP contribution is -2.37. The van der Waals surface area contributed by atoms with Gasteiger partial charge in [0.25, 0.3) is 0 Å². The molecule has 124 valence electrons. The summed E-state index contributed by atoms with van der Waals surface area (Å²) in [5.74, 6) is -2.39. The van der Waals surface area contributed by atoms with Crippen molar-refractivity contribution >= 4 is 23.6 Å². The number of carbonyl (C=O) groups excluding carboxylic acids is 2.